The molecule has 0 aromatic heterocycles. The van der Waals surface area contributed by atoms with Crippen LogP contribution in [-0.4, -0.2) is 56.4 Å². The quantitative estimate of drug-likeness (QED) is 0.717. The van der Waals surface area contributed by atoms with Gasteiger partial charge in [-0.15, -0.1) is 0 Å². The molecule has 0 bridgehead atoms. The number of nitrogens with zero attached hydrogens (tertiary/aromatic N) is 1. The number of benzene rings is 1. The van der Waals surface area contributed by atoms with Gasteiger partial charge in [-0.25, -0.2) is 8.42 Å². The summed E-state index contributed by atoms with van der Waals surface area (Å²) in [4.78, 5) is 24.7. The zero-order chi connectivity index (χ0) is 21.1. The molecule has 160 valence electrons. The fourth-order valence-electron chi connectivity index (χ4n) is 3.70. The molecule has 0 saturated carbocycles. The third-order valence-electron chi connectivity index (χ3n) is 5.44. The summed E-state index contributed by atoms with van der Waals surface area (Å²) in [5.41, 5.74) is 4.29. The summed E-state index contributed by atoms with van der Waals surface area (Å²) in [5, 5.41) is 2.70. The van der Waals surface area contributed by atoms with E-state index in [0.29, 0.717) is 32.5 Å². The van der Waals surface area contributed by atoms with Crippen LogP contribution in [0.3, 0.4) is 0 Å². The number of hydrogen-bond donors (Lipinski definition) is 2. The first-order valence-corrected chi connectivity index (χ1v) is 11.6. The average molecular weight is 444 g/mol. The Kier molecular flexibility index (Phi) is 6.83. The van der Waals surface area contributed by atoms with Crippen molar-refractivity contribution in [3.63, 3.8) is 0 Å². The predicted octanol–water partition coefficient (Wildman–Crippen LogP) is 1.67. The lowest BCUT2D eigenvalue weighted by atomic mass is 9.91. The highest BCUT2D eigenvalue weighted by molar-refractivity contribution is 7.89. The van der Waals surface area contributed by atoms with E-state index in [-0.39, 0.29) is 22.1 Å². The molecule has 2 aliphatic rings. The van der Waals surface area contributed by atoms with E-state index in [1.807, 2.05) is 0 Å². The molecular formula is C19H26ClN3O5S. The van der Waals surface area contributed by atoms with Crippen LogP contribution in [0.15, 0.2) is 23.1 Å². The molecule has 2 saturated heterocycles. The Balaban J connectivity index is 1.88. The Hall–Kier alpha value is -1.68. The molecule has 2 aliphatic heterocycles. The number of primary amides is 1. The number of ether oxygens (including phenoxy) is 1. The lowest BCUT2D eigenvalue weighted by Crippen LogP contribution is -2.61. The van der Waals surface area contributed by atoms with Crippen LogP contribution in [0.1, 0.15) is 48.9 Å². The minimum Gasteiger partial charge on any atom is -0.378 e. The lowest BCUT2D eigenvalue weighted by Gasteiger charge is -2.34. The number of carbonyl (C=O) groups excluding carboxylic acids is 2. The van der Waals surface area contributed by atoms with Gasteiger partial charge in [-0.3, -0.25) is 9.59 Å². The van der Waals surface area contributed by atoms with Gasteiger partial charge in [0.05, 0.1) is 11.6 Å². The van der Waals surface area contributed by atoms with Crippen LogP contribution in [0.2, 0.25) is 5.02 Å². The van der Waals surface area contributed by atoms with Crippen molar-refractivity contribution in [2.24, 2.45) is 5.73 Å². The first kappa shape index (κ1) is 22.0. The van der Waals surface area contributed by atoms with E-state index >= 15 is 0 Å². The van der Waals surface area contributed by atoms with Gasteiger partial charge in [0.15, 0.2) is 0 Å². The number of amides is 2. The molecular weight excluding hydrogens is 418 g/mol. The van der Waals surface area contributed by atoms with Crippen LogP contribution in [0.25, 0.3) is 0 Å². The van der Waals surface area contributed by atoms with Crippen molar-refractivity contribution in [2.45, 2.75) is 49.0 Å². The maximum atomic E-state index is 13.1. The largest absolute Gasteiger partial charge is 0.378 e. The maximum Gasteiger partial charge on any atom is 0.252 e. The van der Waals surface area contributed by atoms with Crippen molar-refractivity contribution >= 4 is 33.4 Å². The summed E-state index contributed by atoms with van der Waals surface area (Å²) in [7, 11) is -3.83. The van der Waals surface area contributed by atoms with Crippen molar-refractivity contribution in [1.82, 2.24) is 9.62 Å². The van der Waals surface area contributed by atoms with Crippen LogP contribution in [0.4, 0.5) is 0 Å². The van der Waals surface area contributed by atoms with Gasteiger partial charge in [0.1, 0.15) is 10.4 Å². The van der Waals surface area contributed by atoms with Crippen LogP contribution in [0, 0.1) is 0 Å². The molecule has 1 aromatic rings. The van der Waals surface area contributed by atoms with Gasteiger partial charge in [-0.2, -0.15) is 4.31 Å². The number of nitrogens with two attached hydrogens (primary N) is 1. The number of halogens is 1. The normalized spacial score (nSPS) is 23.9. The molecule has 0 spiro atoms. The number of hydrogen-bond acceptors (Lipinski definition) is 5. The van der Waals surface area contributed by atoms with Crippen LogP contribution in [0.5, 0.6) is 0 Å². The number of carbonyl (C=O) groups is 2. The molecule has 29 heavy (non-hydrogen) atoms. The van der Waals surface area contributed by atoms with Crippen molar-refractivity contribution < 1.29 is 22.7 Å². The van der Waals surface area contributed by atoms with Gasteiger partial charge < -0.3 is 15.8 Å². The van der Waals surface area contributed by atoms with E-state index in [2.05, 4.69) is 5.32 Å². The van der Waals surface area contributed by atoms with E-state index in [0.717, 1.165) is 25.7 Å². The lowest BCUT2D eigenvalue weighted by molar-refractivity contribution is -0.129. The summed E-state index contributed by atoms with van der Waals surface area (Å²) in [6.45, 7) is 1.33. The van der Waals surface area contributed by atoms with Gasteiger partial charge in [0, 0.05) is 25.3 Å². The number of sulfonamides is 1. The SMILES string of the molecule is NC(=O)C1(NC(=O)c2ccc(Cl)c(S(=O)(=O)N3CCCCCC3)c2)CCCOC1. The van der Waals surface area contributed by atoms with E-state index in [9.17, 15) is 18.0 Å². The summed E-state index contributed by atoms with van der Waals surface area (Å²) in [6, 6.07) is 4.07. The molecule has 2 fully saturated rings. The predicted molar refractivity (Wildman–Crippen MR) is 108 cm³/mol. The van der Waals surface area contributed by atoms with Gasteiger partial charge in [-0.1, -0.05) is 24.4 Å². The summed E-state index contributed by atoms with van der Waals surface area (Å²) in [6.07, 6.45) is 4.49. The van der Waals surface area contributed by atoms with Crippen LogP contribution >= 0.6 is 11.6 Å². The zero-order valence-electron chi connectivity index (χ0n) is 16.2. The third kappa shape index (κ3) is 4.74. The second-order valence-electron chi connectivity index (χ2n) is 7.52. The Bertz CT molecular complexity index is 876. The third-order valence-corrected chi connectivity index (χ3v) is 7.82. The van der Waals surface area contributed by atoms with Crippen molar-refractivity contribution in [3.05, 3.63) is 28.8 Å². The van der Waals surface area contributed by atoms with E-state index in [1.54, 1.807) is 0 Å². The number of rotatable bonds is 5. The van der Waals surface area contributed by atoms with Crippen molar-refractivity contribution in [3.8, 4) is 0 Å². The summed E-state index contributed by atoms with van der Waals surface area (Å²) < 4.78 is 33.0. The summed E-state index contributed by atoms with van der Waals surface area (Å²) >= 11 is 6.18. The Morgan fingerprint density at radius 3 is 2.41 bits per heavy atom. The minimum absolute atomic E-state index is 0.0133. The van der Waals surface area contributed by atoms with Crippen molar-refractivity contribution in [1.29, 1.82) is 0 Å². The molecule has 2 heterocycles. The van der Waals surface area contributed by atoms with E-state index < -0.39 is 27.4 Å². The van der Waals surface area contributed by atoms with Crippen LogP contribution in [-0.2, 0) is 19.6 Å². The molecule has 10 heteroatoms. The smallest absolute Gasteiger partial charge is 0.252 e. The van der Waals surface area contributed by atoms with Gasteiger partial charge in [0.2, 0.25) is 15.9 Å². The van der Waals surface area contributed by atoms with Gasteiger partial charge in [0.25, 0.3) is 5.91 Å². The molecule has 2 amide bonds. The Labute approximate surface area is 175 Å². The topological polar surface area (TPSA) is 119 Å². The molecule has 1 atom stereocenters. The van der Waals surface area contributed by atoms with E-state index in [4.69, 9.17) is 22.1 Å². The van der Waals surface area contributed by atoms with Crippen LogP contribution < -0.4 is 11.1 Å². The average Bonchev–Trinajstić information content (AvgIpc) is 2.99. The molecule has 0 radical (unpaired) electrons. The highest BCUT2D eigenvalue weighted by Gasteiger charge is 2.40. The fraction of sp³-hybridized carbons (Fsp3) is 0.579. The maximum absolute atomic E-state index is 13.1. The Morgan fingerprint density at radius 2 is 1.83 bits per heavy atom. The fourth-order valence-corrected chi connectivity index (χ4v) is 5.72. The molecule has 8 nitrogen and oxygen atoms in total. The monoisotopic (exact) mass is 443 g/mol. The number of nitrogens with one attached hydrogen (secondary N) is 1. The molecule has 3 rings (SSSR count). The molecule has 1 aromatic carbocycles. The second kappa shape index (κ2) is 8.99. The van der Waals surface area contributed by atoms with Gasteiger partial charge >= 0.3 is 0 Å². The highest BCUT2D eigenvalue weighted by atomic mass is 35.5. The first-order valence-electron chi connectivity index (χ1n) is 9.76. The molecule has 1 unspecified atom stereocenters. The summed E-state index contributed by atoms with van der Waals surface area (Å²) in [5.74, 6) is -1.28. The molecule has 3 N–H and O–H groups in total. The highest BCUT2D eigenvalue weighted by Crippen LogP contribution is 2.28. The second-order valence-corrected chi connectivity index (χ2v) is 9.83. The standard InChI is InChI=1S/C19H26ClN3O5S/c20-15-7-6-14(17(24)22-19(18(21)25)8-5-11-28-13-19)12-16(15)29(26,27)23-9-3-1-2-4-10-23/h6-7,12H,1-5,8-11,13H2,(H2,21,25)(H,22,24). The van der Waals surface area contributed by atoms with Crippen molar-refractivity contribution in [2.75, 3.05) is 26.3 Å². The van der Waals surface area contributed by atoms with Gasteiger partial charge in [-0.05, 0) is 43.9 Å². The first-order chi connectivity index (χ1) is 13.8. The minimum atomic E-state index is -3.83. The Morgan fingerprint density at radius 1 is 1.14 bits per heavy atom. The molecule has 0 aliphatic carbocycles. The van der Waals surface area contributed by atoms with E-state index in [1.165, 1.54) is 22.5 Å². The zero-order valence-corrected chi connectivity index (χ0v) is 17.7.